The van der Waals surface area contributed by atoms with E-state index in [0.29, 0.717) is 12.6 Å². The molecule has 1 aromatic heterocycles. The summed E-state index contributed by atoms with van der Waals surface area (Å²) in [6.45, 7) is 7.22. The Balaban J connectivity index is 2.10. The Labute approximate surface area is 110 Å². The number of imidazole rings is 1. The molecule has 3 atom stereocenters. The zero-order valence-electron chi connectivity index (χ0n) is 11.9. The van der Waals surface area contributed by atoms with Crippen LogP contribution in [0.15, 0.2) is 6.20 Å². The summed E-state index contributed by atoms with van der Waals surface area (Å²) in [6, 6.07) is 0.896. The zero-order chi connectivity index (χ0) is 13.1. The Kier molecular flexibility index (Phi) is 4.27. The van der Waals surface area contributed by atoms with E-state index < -0.39 is 0 Å². The van der Waals surface area contributed by atoms with Crippen molar-refractivity contribution < 1.29 is 4.74 Å². The summed E-state index contributed by atoms with van der Waals surface area (Å²) in [4.78, 5) is 4.60. The van der Waals surface area contributed by atoms with Crippen molar-refractivity contribution in [1.29, 1.82) is 0 Å². The molecule has 0 amide bonds. The molecule has 0 bridgehead atoms. The molecule has 0 saturated heterocycles. The fourth-order valence-electron chi connectivity index (χ4n) is 2.84. The van der Waals surface area contributed by atoms with E-state index in [0.717, 1.165) is 17.6 Å². The summed E-state index contributed by atoms with van der Waals surface area (Å²) in [6.07, 6.45) is 6.03. The highest BCUT2D eigenvalue weighted by Gasteiger charge is 2.25. The maximum absolute atomic E-state index is 5.17. The van der Waals surface area contributed by atoms with E-state index in [2.05, 4.69) is 41.8 Å². The van der Waals surface area contributed by atoms with Crippen LogP contribution in [0.1, 0.15) is 44.8 Å². The number of aryl methyl sites for hydroxylation is 1. The highest BCUT2D eigenvalue weighted by molar-refractivity contribution is 5.31. The van der Waals surface area contributed by atoms with Crippen LogP contribution in [0, 0.1) is 12.8 Å². The zero-order valence-corrected chi connectivity index (χ0v) is 11.9. The first-order chi connectivity index (χ1) is 8.60. The van der Waals surface area contributed by atoms with E-state index in [1.165, 1.54) is 19.3 Å². The van der Waals surface area contributed by atoms with Gasteiger partial charge in [0.15, 0.2) is 0 Å². The third-order valence-electron chi connectivity index (χ3n) is 3.71. The topological polar surface area (TPSA) is 39.1 Å². The fraction of sp³-hybridized carbons (Fsp3) is 0.786. The number of ether oxygens (including phenoxy) is 1. The minimum atomic E-state index is 0.286. The summed E-state index contributed by atoms with van der Waals surface area (Å²) in [5.74, 6) is 1.83. The van der Waals surface area contributed by atoms with Crippen molar-refractivity contribution >= 4 is 5.95 Å². The molecular formula is C14H25N3O. The molecule has 0 aromatic carbocycles. The smallest absolute Gasteiger partial charge is 0.203 e. The van der Waals surface area contributed by atoms with Gasteiger partial charge in [0, 0.05) is 25.4 Å². The summed E-state index contributed by atoms with van der Waals surface area (Å²) < 4.78 is 7.49. The second kappa shape index (κ2) is 5.74. The van der Waals surface area contributed by atoms with Gasteiger partial charge in [-0.1, -0.05) is 6.92 Å². The molecule has 0 radical (unpaired) electrons. The first-order valence-electron chi connectivity index (χ1n) is 6.91. The maximum Gasteiger partial charge on any atom is 0.203 e. The van der Waals surface area contributed by atoms with Crippen LogP contribution >= 0.6 is 0 Å². The number of hydrogen-bond donors (Lipinski definition) is 1. The molecule has 1 fully saturated rings. The average Bonchev–Trinajstić information content (AvgIpc) is 2.85. The van der Waals surface area contributed by atoms with Crippen LogP contribution in [0.25, 0.3) is 0 Å². The second-order valence-electron chi connectivity index (χ2n) is 5.69. The largest absolute Gasteiger partial charge is 0.383 e. The van der Waals surface area contributed by atoms with E-state index >= 15 is 0 Å². The molecule has 1 aliphatic rings. The Bertz CT molecular complexity index is 388. The van der Waals surface area contributed by atoms with E-state index in [1.54, 1.807) is 7.11 Å². The first-order valence-corrected chi connectivity index (χ1v) is 6.91. The predicted molar refractivity (Wildman–Crippen MR) is 74.0 cm³/mol. The molecule has 1 N–H and O–H groups in total. The Hall–Kier alpha value is -1.03. The van der Waals surface area contributed by atoms with E-state index in [4.69, 9.17) is 4.74 Å². The summed E-state index contributed by atoms with van der Waals surface area (Å²) in [7, 11) is 1.73. The van der Waals surface area contributed by atoms with Crippen LogP contribution in [-0.4, -0.2) is 29.3 Å². The lowest BCUT2D eigenvalue weighted by atomic mass is 10.1. The van der Waals surface area contributed by atoms with Crippen LogP contribution in [0.5, 0.6) is 0 Å². The normalized spacial score (nSPS) is 25.3. The number of nitrogens with one attached hydrogen (secondary N) is 1. The van der Waals surface area contributed by atoms with E-state index in [1.807, 2.05) is 0 Å². The van der Waals surface area contributed by atoms with Crippen molar-refractivity contribution in [2.45, 2.75) is 52.1 Å². The van der Waals surface area contributed by atoms with Gasteiger partial charge < -0.3 is 14.6 Å². The van der Waals surface area contributed by atoms with E-state index in [-0.39, 0.29) is 6.04 Å². The van der Waals surface area contributed by atoms with Crippen molar-refractivity contribution in [3.63, 3.8) is 0 Å². The molecule has 102 valence electrons. The molecule has 4 nitrogen and oxygen atoms in total. The van der Waals surface area contributed by atoms with Crippen molar-refractivity contribution in [2.75, 3.05) is 19.0 Å². The van der Waals surface area contributed by atoms with Gasteiger partial charge in [0.1, 0.15) is 0 Å². The van der Waals surface area contributed by atoms with Crippen LogP contribution in [0.2, 0.25) is 0 Å². The Morgan fingerprint density at radius 2 is 2.33 bits per heavy atom. The summed E-state index contributed by atoms with van der Waals surface area (Å²) in [5, 5.41) is 3.45. The van der Waals surface area contributed by atoms with Crippen molar-refractivity contribution in [1.82, 2.24) is 9.55 Å². The number of nitrogens with zero attached hydrogens (tertiary/aromatic N) is 2. The molecule has 2 rings (SSSR count). The summed E-state index contributed by atoms with van der Waals surface area (Å²) >= 11 is 0. The van der Waals surface area contributed by atoms with Crippen LogP contribution < -0.4 is 5.32 Å². The lowest BCUT2D eigenvalue weighted by molar-refractivity contribution is 0.190. The SMILES string of the molecule is COCC(C)Nc1nc(C)cn1C1CCC(C)C1. The number of anilines is 1. The molecule has 4 heteroatoms. The molecule has 18 heavy (non-hydrogen) atoms. The van der Waals surface area contributed by atoms with Gasteiger partial charge in [-0.25, -0.2) is 4.98 Å². The molecule has 1 aliphatic carbocycles. The maximum atomic E-state index is 5.17. The molecule has 0 spiro atoms. The van der Waals surface area contributed by atoms with Crippen molar-refractivity contribution in [2.24, 2.45) is 5.92 Å². The van der Waals surface area contributed by atoms with Gasteiger partial charge in [-0.05, 0) is 39.0 Å². The third-order valence-corrected chi connectivity index (χ3v) is 3.71. The summed E-state index contributed by atoms with van der Waals surface area (Å²) in [5.41, 5.74) is 1.08. The number of rotatable bonds is 5. The van der Waals surface area contributed by atoms with Gasteiger partial charge >= 0.3 is 0 Å². The third kappa shape index (κ3) is 3.05. The van der Waals surface area contributed by atoms with Crippen LogP contribution in [-0.2, 0) is 4.74 Å². The fourth-order valence-corrected chi connectivity index (χ4v) is 2.84. The average molecular weight is 251 g/mol. The minimum absolute atomic E-state index is 0.286. The first kappa shape index (κ1) is 13.4. The molecule has 0 aliphatic heterocycles. The van der Waals surface area contributed by atoms with Crippen LogP contribution in [0.3, 0.4) is 0 Å². The highest BCUT2D eigenvalue weighted by Crippen LogP contribution is 2.36. The van der Waals surface area contributed by atoms with Gasteiger partial charge in [0.25, 0.3) is 0 Å². The predicted octanol–water partition coefficient (Wildman–Crippen LogP) is 3.00. The molecular weight excluding hydrogens is 226 g/mol. The highest BCUT2D eigenvalue weighted by atomic mass is 16.5. The second-order valence-corrected chi connectivity index (χ2v) is 5.69. The minimum Gasteiger partial charge on any atom is -0.383 e. The monoisotopic (exact) mass is 251 g/mol. The van der Waals surface area contributed by atoms with Crippen LogP contribution in [0.4, 0.5) is 5.95 Å². The molecule has 1 heterocycles. The quantitative estimate of drug-likeness (QED) is 0.874. The lowest BCUT2D eigenvalue weighted by Crippen LogP contribution is -2.23. The van der Waals surface area contributed by atoms with Gasteiger partial charge in [0.05, 0.1) is 12.3 Å². The van der Waals surface area contributed by atoms with E-state index in [9.17, 15) is 0 Å². The van der Waals surface area contributed by atoms with Gasteiger partial charge in [-0.15, -0.1) is 0 Å². The van der Waals surface area contributed by atoms with Gasteiger partial charge in [0.2, 0.25) is 5.95 Å². The van der Waals surface area contributed by atoms with Crippen molar-refractivity contribution in [3.05, 3.63) is 11.9 Å². The Morgan fingerprint density at radius 3 is 2.94 bits per heavy atom. The number of methoxy groups -OCH3 is 1. The molecule has 1 aromatic rings. The Morgan fingerprint density at radius 1 is 1.56 bits per heavy atom. The standard InChI is InChI=1S/C14H25N3O/c1-10-5-6-13(7-10)17-8-11(2)15-14(17)16-12(3)9-18-4/h8,10,12-13H,5-7,9H2,1-4H3,(H,15,16). The lowest BCUT2D eigenvalue weighted by Gasteiger charge is -2.19. The van der Waals surface area contributed by atoms with Crippen molar-refractivity contribution in [3.8, 4) is 0 Å². The molecule has 3 unspecified atom stereocenters. The number of hydrogen-bond acceptors (Lipinski definition) is 3. The molecule has 1 saturated carbocycles. The number of aromatic nitrogens is 2. The van der Waals surface area contributed by atoms with Gasteiger partial charge in [-0.3, -0.25) is 0 Å². The van der Waals surface area contributed by atoms with Gasteiger partial charge in [-0.2, -0.15) is 0 Å².